The fraction of sp³-hybridized carbons (Fsp3) is 0.529. The van der Waals surface area contributed by atoms with E-state index in [1.165, 1.54) is 37.3 Å². The van der Waals surface area contributed by atoms with Gasteiger partial charge in [-0.3, -0.25) is 4.79 Å². The van der Waals surface area contributed by atoms with E-state index in [1.807, 2.05) is 34.8 Å². The van der Waals surface area contributed by atoms with Crippen molar-refractivity contribution >= 4 is 17.2 Å². The third-order valence-corrected chi connectivity index (χ3v) is 5.66. The van der Waals surface area contributed by atoms with Crippen LogP contribution in [0.3, 0.4) is 0 Å². The van der Waals surface area contributed by atoms with Crippen LogP contribution in [0.1, 0.15) is 28.3 Å². The van der Waals surface area contributed by atoms with Crippen molar-refractivity contribution in [3.63, 3.8) is 0 Å². The van der Waals surface area contributed by atoms with Crippen LogP contribution in [0.15, 0.2) is 29.9 Å². The summed E-state index contributed by atoms with van der Waals surface area (Å²) in [6.07, 6.45) is 6.51. The molecule has 23 heavy (non-hydrogen) atoms. The number of hydrogen-bond donors (Lipinski definition) is 0. The number of likely N-dealkylation sites (tertiary alicyclic amines) is 1. The first-order chi connectivity index (χ1) is 11.3. The second kappa shape index (κ2) is 6.45. The molecule has 0 spiro atoms. The molecule has 2 aromatic rings. The molecule has 4 heterocycles. The summed E-state index contributed by atoms with van der Waals surface area (Å²) >= 11 is 1.52. The van der Waals surface area contributed by atoms with Gasteiger partial charge in [0.05, 0.1) is 11.4 Å². The summed E-state index contributed by atoms with van der Waals surface area (Å²) in [6, 6.07) is 3.86. The van der Waals surface area contributed by atoms with Gasteiger partial charge in [-0.25, -0.2) is 4.98 Å². The molecule has 0 unspecified atom stereocenters. The highest BCUT2D eigenvalue weighted by Crippen LogP contribution is 2.21. The number of rotatable bonds is 3. The molecule has 0 aromatic carbocycles. The molecule has 0 aliphatic carbocycles. The summed E-state index contributed by atoms with van der Waals surface area (Å²) < 4.78 is 2.22. The Morgan fingerprint density at radius 1 is 1.30 bits per heavy atom. The third-order valence-electron chi connectivity index (χ3n) is 4.80. The Morgan fingerprint density at radius 2 is 2.17 bits per heavy atom. The van der Waals surface area contributed by atoms with E-state index in [4.69, 9.17) is 0 Å². The van der Waals surface area contributed by atoms with Crippen molar-refractivity contribution < 1.29 is 4.79 Å². The molecule has 5 nitrogen and oxygen atoms in total. The van der Waals surface area contributed by atoms with Crippen LogP contribution in [0.2, 0.25) is 0 Å². The molecule has 1 amide bonds. The molecule has 122 valence electrons. The van der Waals surface area contributed by atoms with Gasteiger partial charge in [0.15, 0.2) is 0 Å². The fourth-order valence-electron chi connectivity index (χ4n) is 3.70. The van der Waals surface area contributed by atoms with Crippen LogP contribution >= 0.6 is 11.3 Å². The molecule has 0 saturated carbocycles. The number of imidazole rings is 1. The van der Waals surface area contributed by atoms with E-state index >= 15 is 0 Å². The molecular formula is C17H22N4OS. The summed E-state index contributed by atoms with van der Waals surface area (Å²) in [5.41, 5.74) is 0. The standard InChI is InChI=1S/C17H22N4OS/c22-17(15-4-3-9-23-15)21-12-14(10-19-6-1-2-7-19)11-20-8-5-18-16(20)13-21/h3-5,8-9,14H,1-2,6-7,10-13H2/t14-/m0/s1. The van der Waals surface area contributed by atoms with Crippen molar-refractivity contribution in [1.82, 2.24) is 19.4 Å². The normalized spacial score (nSPS) is 22.1. The monoisotopic (exact) mass is 330 g/mol. The van der Waals surface area contributed by atoms with E-state index in [0.717, 1.165) is 30.3 Å². The minimum atomic E-state index is 0.142. The zero-order chi connectivity index (χ0) is 15.6. The quantitative estimate of drug-likeness (QED) is 0.867. The highest BCUT2D eigenvalue weighted by molar-refractivity contribution is 7.12. The van der Waals surface area contributed by atoms with Gasteiger partial charge in [0.25, 0.3) is 5.91 Å². The molecule has 0 radical (unpaired) electrons. The van der Waals surface area contributed by atoms with Gasteiger partial charge in [0, 0.05) is 37.9 Å². The summed E-state index contributed by atoms with van der Waals surface area (Å²) in [6.45, 7) is 5.86. The molecule has 1 fully saturated rings. The van der Waals surface area contributed by atoms with E-state index in [2.05, 4.69) is 14.5 Å². The van der Waals surface area contributed by atoms with Crippen LogP contribution in [0, 0.1) is 5.92 Å². The molecule has 6 heteroatoms. The Morgan fingerprint density at radius 3 is 2.96 bits per heavy atom. The zero-order valence-corrected chi connectivity index (χ0v) is 14.0. The van der Waals surface area contributed by atoms with Crippen LogP contribution in [0.4, 0.5) is 0 Å². The molecule has 4 rings (SSSR count). The van der Waals surface area contributed by atoms with E-state index in [9.17, 15) is 4.79 Å². The molecular weight excluding hydrogens is 308 g/mol. The number of amides is 1. The van der Waals surface area contributed by atoms with Gasteiger partial charge in [-0.1, -0.05) is 6.07 Å². The number of carbonyl (C=O) groups is 1. The Balaban J connectivity index is 1.55. The Hall–Kier alpha value is -1.66. The lowest BCUT2D eigenvalue weighted by atomic mass is 10.1. The minimum absolute atomic E-state index is 0.142. The second-order valence-electron chi connectivity index (χ2n) is 6.53. The Labute approximate surface area is 140 Å². The first-order valence-electron chi connectivity index (χ1n) is 8.35. The maximum absolute atomic E-state index is 12.8. The molecule has 2 aliphatic heterocycles. The smallest absolute Gasteiger partial charge is 0.264 e. The van der Waals surface area contributed by atoms with Gasteiger partial charge >= 0.3 is 0 Å². The van der Waals surface area contributed by atoms with Crippen molar-refractivity contribution in [2.24, 2.45) is 5.92 Å². The SMILES string of the molecule is O=C(c1cccs1)N1Cc2nccn2C[C@H](CN2CCCC2)C1. The highest BCUT2D eigenvalue weighted by Gasteiger charge is 2.28. The molecule has 1 saturated heterocycles. The predicted octanol–water partition coefficient (Wildman–Crippen LogP) is 2.31. The van der Waals surface area contributed by atoms with E-state index < -0.39 is 0 Å². The zero-order valence-electron chi connectivity index (χ0n) is 13.2. The van der Waals surface area contributed by atoms with Gasteiger partial charge in [-0.05, 0) is 37.4 Å². The summed E-state index contributed by atoms with van der Waals surface area (Å²) in [4.78, 5) is 22.6. The summed E-state index contributed by atoms with van der Waals surface area (Å²) in [5.74, 6) is 1.61. The summed E-state index contributed by atoms with van der Waals surface area (Å²) in [5, 5.41) is 1.97. The van der Waals surface area contributed by atoms with Gasteiger partial charge < -0.3 is 14.4 Å². The van der Waals surface area contributed by atoms with Crippen LogP contribution in [-0.2, 0) is 13.1 Å². The Kier molecular flexibility index (Phi) is 4.18. The number of carbonyl (C=O) groups excluding carboxylic acids is 1. The first kappa shape index (κ1) is 14.9. The highest BCUT2D eigenvalue weighted by atomic mass is 32.1. The lowest BCUT2D eigenvalue weighted by Gasteiger charge is -2.27. The number of aromatic nitrogens is 2. The lowest BCUT2D eigenvalue weighted by Crippen LogP contribution is -2.38. The first-order valence-corrected chi connectivity index (χ1v) is 9.23. The Bertz CT molecular complexity index is 660. The van der Waals surface area contributed by atoms with Gasteiger partial charge in [0.1, 0.15) is 5.82 Å². The van der Waals surface area contributed by atoms with Gasteiger partial charge in [-0.15, -0.1) is 11.3 Å². The molecule has 0 N–H and O–H groups in total. The number of hydrogen-bond acceptors (Lipinski definition) is 4. The van der Waals surface area contributed by atoms with Crippen molar-refractivity contribution in [3.8, 4) is 0 Å². The minimum Gasteiger partial charge on any atom is -0.333 e. The van der Waals surface area contributed by atoms with E-state index in [-0.39, 0.29) is 5.91 Å². The van der Waals surface area contributed by atoms with Crippen LogP contribution in [0.25, 0.3) is 0 Å². The number of fused-ring (bicyclic) bond motifs is 1. The summed E-state index contributed by atoms with van der Waals surface area (Å²) in [7, 11) is 0. The molecule has 2 aromatic heterocycles. The maximum Gasteiger partial charge on any atom is 0.264 e. The van der Waals surface area contributed by atoms with E-state index in [1.54, 1.807) is 0 Å². The van der Waals surface area contributed by atoms with Crippen molar-refractivity contribution in [3.05, 3.63) is 40.6 Å². The number of nitrogens with zero attached hydrogens (tertiary/aromatic N) is 4. The average molecular weight is 330 g/mol. The van der Waals surface area contributed by atoms with E-state index in [0.29, 0.717) is 12.5 Å². The van der Waals surface area contributed by atoms with Crippen molar-refractivity contribution in [2.75, 3.05) is 26.2 Å². The van der Waals surface area contributed by atoms with Crippen LogP contribution in [0.5, 0.6) is 0 Å². The van der Waals surface area contributed by atoms with Crippen molar-refractivity contribution in [1.29, 1.82) is 0 Å². The second-order valence-corrected chi connectivity index (χ2v) is 7.48. The predicted molar refractivity (Wildman–Crippen MR) is 90.5 cm³/mol. The largest absolute Gasteiger partial charge is 0.333 e. The number of thiophene rings is 1. The third kappa shape index (κ3) is 3.19. The van der Waals surface area contributed by atoms with Crippen LogP contribution in [-0.4, -0.2) is 51.4 Å². The topological polar surface area (TPSA) is 41.4 Å². The average Bonchev–Trinajstić information content (AvgIpc) is 3.28. The molecule has 2 aliphatic rings. The molecule has 1 atom stereocenters. The fourth-order valence-corrected chi connectivity index (χ4v) is 4.39. The molecule has 0 bridgehead atoms. The van der Waals surface area contributed by atoms with Crippen molar-refractivity contribution in [2.45, 2.75) is 25.9 Å². The lowest BCUT2D eigenvalue weighted by molar-refractivity contribution is 0.0712. The van der Waals surface area contributed by atoms with Gasteiger partial charge in [-0.2, -0.15) is 0 Å². The van der Waals surface area contributed by atoms with Crippen LogP contribution < -0.4 is 0 Å². The maximum atomic E-state index is 12.8. The van der Waals surface area contributed by atoms with Gasteiger partial charge in [0.2, 0.25) is 0 Å².